The number of nitrogens with zero attached hydrogens (tertiary/aromatic N) is 1. The molecule has 3 rings (SSSR count). The molecule has 0 amide bonds. The van der Waals surface area contributed by atoms with Gasteiger partial charge in [-0.1, -0.05) is 18.2 Å². The van der Waals surface area contributed by atoms with E-state index in [2.05, 4.69) is 4.98 Å². The van der Waals surface area contributed by atoms with E-state index in [1.807, 2.05) is 22.7 Å². The van der Waals surface area contributed by atoms with Crippen LogP contribution in [0.15, 0.2) is 53.6 Å². The van der Waals surface area contributed by atoms with Crippen molar-refractivity contribution in [2.24, 2.45) is 0 Å². The minimum atomic E-state index is -0.0223. The monoisotopic (exact) mass is 240 g/mol. The van der Waals surface area contributed by atoms with E-state index in [1.54, 1.807) is 24.4 Å². The minimum absolute atomic E-state index is 0.0223. The lowest BCUT2D eigenvalue weighted by Gasteiger charge is -2.01. The first-order chi connectivity index (χ1) is 8.72. The number of para-hydroxylation sites is 1. The van der Waals surface area contributed by atoms with Gasteiger partial charge in [0.2, 0.25) is 0 Å². The van der Waals surface area contributed by atoms with Crippen LogP contribution in [0.5, 0.6) is 5.75 Å². The molecule has 4 heteroatoms. The number of phenols is 1. The molecule has 0 radical (unpaired) electrons. The number of pyridine rings is 1. The molecular weight excluding hydrogens is 228 g/mol. The Bertz CT molecular complexity index is 756. The molecule has 2 heterocycles. The van der Waals surface area contributed by atoms with Crippen molar-refractivity contribution in [2.45, 2.75) is 6.42 Å². The summed E-state index contributed by atoms with van der Waals surface area (Å²) in [7, 11) is 0. The highest BCUT2D eigenvalue weighted by atomic mass is 16.3. The topological polar surface area (TPSA) is 57.5 Å². The Morgan fingerprint density at radius 3 is 2.89 bits per heavy atom. The summed E-state index contributed by atoms with van der Waals surface area (Å²) in [5.41, 5.74) is 2.54. The molecule has 0 saturated heterocycles. The van der Waals surface area contributed by atoms with E-state index in [0.29, 0.717) is 6.42 Å². The highest BCUT2D eigenvalue weighted by molar-refractivity contribution is 5.42. The van der Waals surface area contributed by atoms with Crippen molar-refractivity contribution in [3.8, 4) is 5.75 Å². The van der Waals surface area contributed by atoms with Gasteiger partial charge in [0.05, 0.1) is 0 Å². The number of hydrogen-bond acceptors (Lipinski definition) is 2. The smallest absolute Gasteiger partial charge is 0.183 e. The Hall–Kier alpha value is -2.49. The highest BCUT2D eigenvalue weighted by Crippen LogP contribution is 2.19. The number of aromatic amines is 1. The van der Waals surface area contributed by atoms with Gasteiger partial charge in [0.1, 0.15) is 11.4 Å². The van der Waals surface area contributed by atoms with Crippen molar-refractivity contribution in [3.05, 3.63) is 70.3 Å². The van der Waals surface area contributed by atoms with Gasteiger partial charge in [0.25, 0.3) is 0 Å². The second-order valence-corrected chi connectivity index (χ2v) is 4.24. The summed E-state index contributed by atoms with van der Waals surface area (Å²) >= 11 is 0. The summed E-state index contributed by atoms with van der Waals surface area (Å²) in [4.78, 5) is 14.4. The molecule has 1 aromatic carbocycles. The summed E-state index contributed by atoms with van der Waals surface area (Å²) in [5, 5.41) is 9.72. The predicted molar refractivity (Wildman–Crippen MR) is 68.9 cm³/mol. The minimum Gasteiger partial charge on any atom is -0.508 e. The lowest BCUT2D eigenvalue weighted by molar-refractivity contribution is 0.469. The third-order valence-corrected chi connectivity index (χ3v) is 2.91. The van der Waals surface area contributed by atoms with E-state index < -0.39 is 0 Å². The second-order valence-electron chi connectivity index (χ2n) is 4.24. The fourth-order valence-electron chi connectivity index (χ4n) is 2.02. The number of aromatic nitrogens is 2. The van der Waals surface area contributed by atoms with Gasteiger partial charge in [-0.3, -0.25) is 4.79 Å². The Kier molecular flexibility index (Phi) is 2.41. The van der Waals surface area contributed by atoms with Gasteiger partial charge < -0.3 is 14.5 Å². The highest BCUT2D eigenvalue weighted by Gasteiger charge is 2.04. The van der Waals surface area contributed by atoms with Gasteiger partial charge in [0, 0.05) is 36.6 Å². The molecule has 0 aliphatic heterocycles. The molecule has 0 spiro atoms. The molecule has 2 N–H and O–H groups in total. The van der Waals surface area contributed by atoms with E-state index in [-0.39, 0.29) is 11.2 Å². The number of nitrogens with one attached hydrogen (secondary N) is 1. The fraction of sp³-hybridized carbons (Fsp3) is 0.0714. The number of fused-ring (bicyclic) bond motifs is 1. The van der Waals surface area contributed by atoms with Gasteiger partial charge in [-0.2, -0.15) is 0 Å². The number of aromatic hydroxyl groups is 1. The van der Waals surface area contributed by atoms with E-state index in [4.69, 9.17) is 0 Å². The molecule has 0 unspecified atom stereocenters. The molecule has 0 fully saturated rings. The summed E-state index contributed by atoms with van der Waals surface area (Å²) in [6, 6.07) is 10.3. The summed E-state index contributed by atoms with van der Waals surface area (Å²) in [5.74, 6) is 0.283. The summed E-state index contributed by atoms with van der Waals surface area (Å²) in [6.45, 7) is 0. The largest absolute Gasteiger partial charge is 0.508 e. The molecular formula is C14H12N2O2. The number of rotatable bonds is 2. The van der Waals surface area contributed by atoms with Crippen LogP contribution in [0.2, 0.25) is 0 Å². The molecule has 3 aromatic rings. The molecule has 0 aliphatic rings. The van der Waals surface area contributed by atoms with E-state index >= 15 is 0 Å². The molecule has 0 aliphatic carbocycles. The van der Waals surface area contributed by atoms with E-state index in [1.165, 1.54) is 6.07 Å². The maximum absolute atomic E-state index is 11.2. The third kappa shape index (κ3) is 1.88. The zero-order valence-corrected chi connectivity index (χ0v) is 9.63. The molecule has 0 bridgehead atoms. The van der Waals surface area contributed by atoms with Crippen LogP contribution in [0.1, 0.15) is 11.3 Å². The first-order valence-electron chi connectivity index (χ1n) is 5.69. The van der Waals surface area contributed by atoms with Crippen molar-refractivity contribution in [1.82, 2.24) is 9.38 Å². The number of imidazole rings is 1. The first-order valence-corrected chi connectivity index (χ1v) is 5.69. The van der Waals surface area contributed by atoms with Crippen LogP contribution in [0.3, 0.4) is 0 Å². The van der Waals surface area contributed by atoms with Gasteiger partial charge in [-0.05, 0) is 11.6 Å². The Balaban J connectivity index is 2.01. The summed E-state index contributed by atoms with van der Waals surface area (Å²) < 4.78 is 1.86. The average molecular weight is 240 g/mol. The number of H-pyrrole nitrogens is 1. The normalized spacial score (nSPS) is 10.9. The number of hydrogen-bond donors (Lipinski definition) is 2. The Morgan fingerprint density at radius 2 is 2.06 bits per heavy atom. The Labute approximate surface area is 103 Å². The van der Waals surface area contributed by atoms with Crippen molar-refractivity contribution >= 4 is 5.65 Å². The molecule has 4 nitrogen and oxygen atoms in total. The van der Waals surface area contributed by atoms with Crippen LogP contribution >= 0.6 is 0 Å². The summed E-state index contributed by atoms with van der Waals surface area (Å²) in [6.07, 6.45) is 4.24. The molecule has 18 heavy (non-hydrogen) atoms. The van der Waals surface area contributed by atoms with Gasteiger partial charge in [-0.15, -0.1) is 0 Å². The zero-order valence-electron chi connectivity index (χ0n) is 9.63. The lowest BCUT2D eigenvalue weighted by atomic mass is 10.1. The van der Waals surface area contributed by atoms with Crippen molar-refractivity contribution < 1.29 is 5.11 Å². The van der Waals surface area contributed by atoms with E-state index in [9.17, 15) is 9.90 Å². The van der Waals surface area contributed by atoms with Gasteiger partial charge in [-0.25, -0.2) is 0 Å². The average Bonchev–Trinajstić information content (AvgIpc) is 2.73. The molecule has 90 valence electrons. The van der Waals surface area contributed by atoms with Crippen molar-refractivity contribution in [3.63, 3.8) is 0 Å². The molecule has 2 aromatic heterocycles. The molecule has 0 saturated carbocycles. The first kappa shape index (κ1) is 10.7. The van der Waals surface area contributed by atoms with Crippen LogP contribution in [0.4, 0.5) is 0 Å². The maximum atomic E-state index is 11.2. The van der Waals surface area contributed by atoms with Crippen LogP contribution < -0.4 is 5.43 Å². The standard InChI is InChI=1S/C14H12N2O2/c17-12-5-6-16-9-11(15-14(16)8-12)7-10-3-1-2-4-13(10)18/h1-6,8-9,15,18H,7H2. The van der Waals surface area contributed by atoms with Crippen molar-refractivity contribution in [1.29, 1.82) is 0 Å². The quantitative estimate of drug-likeness (QED) is 0.719. The lowest BCUT2D eigenvalue weighted by Crippen LogP contribution is -1.97. The van der Waals surface area contributed by atoms with Crippen LogP contribution in [-0.4, -0.2) is 14.5 Å². The van der Waals surface area contributed by atoms with Crippen LogP contribution in [-0.2, 0) is 6.42 Å². The zero-order chi connectivity index (χ0) is 12.5. The van der Waals surface area contributed by atoms with Crippen LogP contribution in [0, 0.1) is 0 Å². The fourth-order valence-corrected chi connectivity index (χ4v) is 2.02. The van der Waals surface area contributed by atoms with Gasteiger partial charge >= 0.3 is 0 Å². The van der Waals surface area contributed by atoms with E-state index in [0.717, 1.165) is 16.9 Å². The SMILES string of the molecule is O=c1ccn2cc(Cc3ccccc3O)[nH]c2c1. The second kappa shape index (κ2) is 4.07. The number of benzene rings is 1. The third-order valence-electron chi connectivity index (χ3n) is 2.91. The molecule has 0 atom stereocenters. The van der Waals surface area contributed by atoms with Crippen LogP contribution in [0.25, 0.3) is 5.65 Å². The number of phenolic OH excluding ortho intramolecular Hbond substituents is 1. The maximum Gasteiger partial charge on any atom is 0.183 e. The van der Waals surface area contributed by atoms with Crippen molar-refractivity contribution in [2.75, 3.05) is 0 Å². The van der Waals surface area contributed by atoms with Gasteiger partial charge in [0.15, 0.2) is 5.43 Å². The Morgan fingerprint density at radius 1 is 1.22 bits per heavy atom. The predicted octanol–water partition coefficient (Wildman–Crippen LogP) is 1.92.